The molecule has 5 heteroatoms. The fraction of sp³-hybridized carbons (Fsp3) is 0.917. The third kappa shape index (κ3) is 3.86. The van der Waals surface area contributed by atoms with Gasteiger partial charge in [-0.05, 0) is 25.6 Å². The number of amides is 1. The van der Waals surface area contributed by atoms with Crippen molar-refractivity contribution in [2.24, 2.45) is 0 Å². The number of carbonyl (C=O) groups is 1. The van der Waals surface area contributed by atoms with Gasteiger partial charge in [0.1, 0.15) is 0 Å². The topological polar surface area (TPSA) is 35.6 Å². The summed E-state index contributed by atoms with van der Waals surface area (Å²) in [7, 11) is 2.09. The maximum absolute atomic E-state index is 12.1. The molecule has 0 spiro atoms. The van der Waals surface area contributed by atoms with Crippen molar-refractivity contribution in [2.45, 2.75) is 18.9 Å². The van der Waals surface area contributed by atoms with E-state index in [1.54, 1.807) is 0 Å². The average molecular weight is 257 g/mol. The van der Waals surface area contributed by atoms with Crippen LogP contribution in [0.1, 0.15) is 12.8 Å². The molecule has 1 N–H and O–H groups in total. The number of thioether (sulfide) groups is 1. The molecule has 1 amide bonds. The summed E-state index contributed by atoms with van der Waals surface area (Å²) >= 11 is 2.02. The standard InChI is InChI=1S/C12H23N3OS/c1-14(11-3-2-8-17-10-11)9-12(16)15-6-4-13-5-7-15/h11,13H,2-10H2,1H3. The zero-order valence-electron chi connectivity index (χ0n) is 10.7. The van der Waals surface area contributed by atoms with E-state index in [0.717, 1.165) is 26.2 Å². The first-order valence-corrected chi connectivity index (χ1v) is 7.69. The molecule has 0 bridgehead atoms. The number of rotatable bonds is 3. The Bertz CT molecular complexity index is 250. The van der Waals surface area contributed by atoms with E-state index in [4.69, 9.17) is 0 Å². The molecule has 0 aliphatic carbocycles. The minimum atomic E-state index is 0.296. The van der Waals surface area contributed by atoms with E-state index in [1.165, 1.54) is 24.3 Å². The molecular formula is C12H23N3OS. The number of piperazine rings is 1. The average Bonchev–Trinajstić information content (AvgIpc) is 2.40. The van der Waals surface area contributed by atoms with Crippen LogP contribution in [0.15, 0.2) is 0 Å². The Hall–Kier alpha value is -0.260. The van der Waals surface area contributed by atoms with Crippen LogP contribution in [0.25, 0.3) is 0 Å². The van der Waals surface area contributed by atoms with Crippen molar-refractivity contribution < 1.29 is 4.79 Å². The molecule has 2 fully saturated rings. The number of carbonyl (C=O) groups excluding carboxylic acids is 1. The predicted molar refractivity (Wildman–Crippen MR) is 72.4 cm³/mol. The van der Waals surface area contributed by atoms with Crippen LogP contribution in [-0.4, -0.2) is 73.0 Å². The smallest absolute Gasteiger partial charge is 0.236 e. The van der Waals surface area contributed by atoms with Crippen LogP contribution >= 0.6 is 11.8 Å². The van der Waals surface area contributed by atoms with Crippen molar-refractivity contribution in [1.29, 1.82) is 0 Å². The van der Waals surface area contributed by atoms with Gasteiger partial charge in [-0.2, -0.15) is 11.8 Å². The molecule has 2 saturated heterocycles. The summed E-state index contributed by atoms with van der Waals surface area (Å²) in [5.74, 6) is 2.77. The lowest BCUT2D eigenvalue weighted by Gasteiger charge is -2.33. The number of hydrogen-bond donors (Lipinski definition) is 1. The van der Waals surface area contributed by atoms with Crippen LogP contribution in [0.4, 0.5) is 0 Å². The highest BCUT2D eigenvalue weighted by molar-refractivity contribution is 7.99. The zero-order chi connectivity index (χ0) is 12.1. The lowest BCUT2D eigenvalue weighted by Crippen LogP contribution is -2.50. The van der Waals surface area contributed by atoms with E-state index in [0.29, 0.717) is 18.5 Å². The summed E-state index contributed by atoms with van der Waals surface area (Å²) in [6.07, 6.45) is 2.54. The van der Waals surface area contributed by atoms with Gasteiger partial charge in [0, 0.05) is 38.0 Å². The fourth-order valence-electron chi connectivity index (χ4n) is 2.43. The molecule has 0 radical (unpaired) electrons. The van der Waals surface area contributed by atoms with Gasteiger partial charge < -0.3 is 10.2 Å². The Labute approximate surface area is 108 Å². The minimum absolute atomic E-state index is 0.296. The molecule has 0 aromatic rings. The van der Waals surface area contributed by atoms with Gasteiger partial charge in [0.05, 0.1) is 6.54 Å². The first kappa shape index (κ1) is 13.2. The number of likely N-dealkylation sites (N-methyl/N-ethyl adjacent to an activating group) is 1. The van der Waals surface area contributed by atoms with Gasteiger partial charge in [-0.3, -0.25) is 9.69 Å². The summed E-state index contributed by atoms with van der Waals surface area (Å²) in [4.78, 5) is 16.3. The van der Waals surface area contributed by atoms with Gasteiger partial charge in [-0.15, -0.1) is 0 Å². The Morgan fingerprint density at radius 2 is 2.24 bits per heavy atom. The highest BCUT2D eigenvalue weighted by Crippen LogP contribution is 2.20. The maximum atomic E-state index is 12.1. The molecule has 1 unspecified atom stereocenters. The normalized spacial score (nSPS) is 26.2. The lowest BCUT2D eigenvalue weighted by molar-refractivity contribution is -0.133. The third-order valence-electron chi connectivity index (χ3n) is 3.61. The van der Waals surface area contributed by atoms with E-state index in [-0.39, 0.29) is 0 Å². The molecule has 1 atom stereocenters. The summed E-state index contributed by atoms with van der Waals surface area (Å²) in [5.41, 5.74) is 0. The molecule has 17 heavy (non-hydrogen) atoms. The molecule has 0 aromatic carbocycles. The van der Waals surface area contributed by atoms with Crippen molar-refractivity contribution in [2.75, 3.05) is 51.3 Å². The monoisotopic (exact) mass is 257 g/mol. The van der Waals surface area contributed by atoms with Gasteiger partial charge in [0.25, 0.3) is 0 Å². The Morgan fingerprint density at radius 3 is 2.88 bits per heavy atom. The molecule has 2 rings (SSSR count). The predicted octanol–water partition coefficient (Wildman–Crippen LogP) is 0.246. The van der Waals surface area contributed by atoms with Gasteiger partial charge in [-0.25, -0.2) is 0 Å². The van der Waals surface area contributed by atoms with E-state index in [2.05, 4.69) is 17.3 Å². The summed E-state index contributed by atoms with van der Waals surface area (Å²) in [6.45, 7) is 4.20. The maximum Gasteiger partial charge on any atom is 0.236 e. The van der Waals surface area contributed by atoms with Crippen LogP contribution in [0.3, 0.4) is 0 Å². The summed E-state index contributed by atoms with van der Waals surface area (Å²) in [6, 6.07) is 0.598. The van der Waals surface area contributed by atoms with Crippen molar-refractivity contribution >= 4 is 17.7 Å². The molecule has 2 heterocycles. The molecule has 0 saturated carbocycles. The van der Waals surface area contributed by atoms with Crippen LogP contribution in [0.5, 0.6) is 0 Å². The van der Waals surface area contributed by atoms with Crippen LogP contribution < -0.4 is 5.32 Å². The molecule has 4 nitrogen and oxygen atoms in total. The van der Waals surface area contributed by atoms with Gasteiger partial charge in [0.2, 0.25) is 5.91 Å². The Balaban J connectivity index is 1.76. The zero-order valence-corrected chi connectivity index (χ0v) is 11.5. The van der Waals surface area contributed by atoms with Crippen molar-refractivity contribution in [3.8, 4) is 0 Å². The van der Waals surface area contributed by atoms with E-state index in [9.17, 15) is 4.79 Å². The largest absolute Gasteiger partial charge is 0.339 e. The fourth-order valence-corrected chi connectivity index (χ4v) is 3.66. The van der Waals surface area contributed by atoms with Gasteiger partial charge >= 0.3 is 0 Å². The molecule has 98 valence electrons. The molecule has 2 aliphatic heterocycles. The molecular weight excluding hydrogens is 234 g/mol. The van der Waals surface area contributed by atoms with Crippen molar-refractivity contribution in [3.63, 3.8) is 0 Å². The quantitative estimate of drug-likeness (QED) is 0.786. The third-order valence-corrected chi connectivity index (χ3v) is 4.81. The SMILES string of the molecule is CN(CC(=O)N1CCNCC1)C1CCCSC1. The lowest BCUT2D eigenvalue weighted by atomic mass is 10.1. The molecule has 0 aromatic heterocycles. The van der Waals surface area contributed by atoms with E-state index in [1.807, 2.05) is 16.7 Å². The highest BCUT2D eigenvalue weighted by atomic mass is 32.2. The highest BCUT2D eigenvalue weighted by Gasteiger charge is 2.23. The second-order valence-electron chi connectivity index (χ2n) is 4.92. The minimum Gasteiger partial charge on any atom is -0.339 e. The number of nitrogens with one attached hydrogen (secondary N) is 1. The molecule has 2 aliphatic rings. The first-order chi connectivity index (χ1) is 8.27. The van der Waals surface area contributed by atoms with Crippen molar-refractivity contribution in [1.82, 2.24) is 15.1 Å². The van der Waals surface area contributed by atoms with Crippen molar-refractivity contribution in [3.05, 3.63) is 0 Å². The van der Waals surface area contributed by atoms with Gasteiger partial charge in [0.15, 0.2) is 0 Å². The van der Waals surface area contributed by atoms with E-state index >= 15 is 0 Å². The Morgan fingerprint density at radius 1 is 1.47 bits per heavy atom. The van der Waals surface area contributed by atoms with Gasteiger partial charge in [-0.1, -0.05) is 0 Å². The number of hydrogen-bond acceptors (Lipinski definition) is 4. The van der Waals surface area contributed by atoms with Crippen LogP contribution in [-0.2, 0) is 4.79 Å². The Kier molecular flexibility index (Phi) is 5.13. The van der Waals surface area contributed by atoms with Crippen LogP contribution in [0, 0.1) is 0 Å². The van der Waals surface area contributed by atoms with E-state index < -0.39 is 0 Å². The van der Waals surface area contributed by atoms with Crippen LogP contribution in [0.2, 0.25) is 0 Å². The first-order valence-electron chi connectivity index (χ1n) is 6.54. The number of nitrogens with zero attached hydrogens (tertiary/aromatic N) is 2. The second kappa shape index (κ2) is 6.61. The summed E-state index contributed by atoms with van der Waals surface area (Å²) < 4.78 is 0. The summed E-state index contributed by atoms with van der Waals surface area (Å²) in [5, 5.41) is 3.28. The second-order valence-corrected chi connectivity index (χ2v) is 6.07.